The third-order valence-electron chi connectivity index (χ3n) is 4.51. The van der Waals surface area contributed by atoms with Crippen LogP contribution in [0, 0.1) is 23.2 Å². The summed E-state index contributed by atoms with van der Waals surface area (Å²) in [7, 11) is 0. The van der Waals surface area contributed by atoms with Crippen LogP contribution >= 0.6 is 0 Å². The van der Waals surface area contributed by atoms with Crippen LogP contribution in [-0.4, -0.2) is 12.1 Å². The van der Waals surface area contributed by atoms with Crippen molar-refractivity contribution >= 4 is 5.97 Å². The number of rotatable bonds is 3. The fourth-order valence-electron chi connectivity index (χ4n) is 3.60. The van der Waals surface area contributed by atoms with Crippen molar-refractivity contribution in [3.05, 3.63) is 11.6 Å². The lowest BCUT2D eigenvalue weighted by molar-refractivity contribution is -0.192. The highest BCUT2D eigenvalue weighted by atomic mass is 16.5. The molecule has 0 aromatic heterocycles. The van der Waals surface area contributed by atoms with E-state index in [9.17, 15) is 4.79 Å². The molecule has 0 aromatic carbocycles. The summed E-state index contributed by atoms with van der Waals surface area (Å²) in [5.41, 5.74) is 1.71. The number of esters is 1. The number of allylic oxidation sites excluding steroid dienone is 1. The fourth-order valence-corrected chi connectivity index (χ4v) is 3.60. The van der Waals surface area contributed by atoms with Gasteiger partial charge in [-0.05, 0) is 24.7 Å². The molecule has 3 rings (SSSR count). The van der Waals surface area contributed by atoms with Crippen LogP contribution in [0.15, 0.2) is 11.6 Å². The number of carbonyl (C=O) groups is 1. The summed E-state index contributed by atoms with van der Waals surface area (Å²) in [6.45, 7) is 10.9. The molecule has 0 amide bonds. The second kappa shape index (κ2) is 4.15. The Bertz CT molecular complexity index is 352. The van der Waals surface area contributed by atoms with E-state index in [1.807, 2.05) is 0 Å². The molecule has 0 aromatic rings. The topological polar surface area (TPSA) is 26.3 Å². The summed E-state index contributed by atoms with van der Waals surface area (Å²) in [5, 5.41) is 0. The van der Waals surface area contributed by atoms with E-state index in [1.165, 1.54) is 5.57 Å². The minimum atomic E-state index is -0.0230. The first-order chi connectivity index (χ1) is 7.84. The van der Waals surface area contributed by atoms with Crippen molar-refractivity contribution in [2.75, 3.05) is 0 Å². The molecule has 1 saturated carbocycles. The Morgan fingerprint density at radius 1 is 1.53 bits per heavy atom. The van der Waals surface area contributed by atoms with Gasteiger partial charge < -0.3 is 4.74 Å². The summed E-state index contributed by atoms with van der Waals surface area (Å²) in [6.07, 6.45) is 4.06. The molecule has 3 aliphatic rings. The number of hydrogen-bond donors (Lipinski definition) is 0. The highest BCUT2D eigenvalue weighted by molar-refractivity contribution is 5.70. The molecule has 1 fully saturated rings. The monoisotopic (exact) mass is 236 g/mol. The molecular formula is C15H24O2. The second-order valence-corrected chi connectivity index (χ2v) is 6.64. The zero-order valence-corrected chi connectivity index (χ0v) is 11.6. The van der Waals surface area contributed by atoms with E-state index in [0.29, 0.717) is 29.6 Å². The van der Waals surface area contributed by atoms with Crippen LogP contribution in [0.4, 0.5) is 0 Å². The number of carbonyl (C=O) groups excluding carboxylic acids is 1. The third kappa shape index (κ3) is 2.02. The standard InChI is InChI=1S/C15H24O2/c1-9(2)8-12(16)17-14-11-7-6-10(3)13(14)15(11,4)5/h6,9,11,13-14H,7-8H2,1-5H3/t11-,13+,14?/m0/s1. The van der Waals surface area contributed by atoms with Gasteiger partial charge in [0.25, 0.3) is 0 Å². The Kier molecular flexibility index (Phi) is 3.09. The Labute approximate surface area is 104 Å². The van der Waals surface area contributed by atoms with Gasteiger partial charge in [-0.3, -0.25) is 4.79 Å². The van der Waals surface area contributed by atoms with Crippen molar-refractivity contribution in [1.82, 2.24) is 0 Å². The first-order valence-corrected chi connectivity index (χ1v) is 6.70. The molecule has 0 radical (unpaired) electrons. The molecule has 2 heteroatoms. The summed E-state index contributed by atoms with van der Waals surface area (Å²) in [4.78, 5) is 11.8. The lowest BCUT2D eigenvalue weighted by atomic mass is 9.47. The van der Waals surface area contributed by atoms with Crippen LogP contribution in [0.25, 0.3) is 0 Å². The average molecular weight is 236 g/mol. The van der Waals surface area contributed by atoms with Crippen LogP contribution in [0.5, 0.6) is 0 Å². The molecule has 0 heterocycles. The molecule has 1 unspecified atom stereocenters. The van der Waals surface area contributed by atoms with E-state index in [0.717, 1.165) is 6.42 Å². The van der Waals surface area contributed by atoms with Crippen molar-refractivity contribution < 1.29 is 9.53 Å². The smallest absolute Gasteiger partial charge is 0.306 e. The predicted octanol–water partition coefficient (Wildman–Crippen LogP) is 3.57. The quantitative estimate of drug-likeness (QED) is 0.553. The Morgan fingerprint density at radius 2 is 2.18 bits per heavy atom. The molecule has 3 atom stereocenters. The van der Waals surface area contributed by atoms with Gasteiger partial charge in [0.2, 0.25) is 0 Å². The average Bonchev–Trinajstić information content (AvgIpc) is 2.14. The van der Waals surface area contributed by atoms with Gasteiger partial charge in [-0.2, -0.15) is 0 Å². The zero-order chi connectivity index (χ0) is 12.8. The number of hydrogen-bond acceptors (Lipinski definition) is 2. The minimum absolute atomic E-state index is 0.0230. The molecule has 17 heavy (non-hydrogen) atoms. The molecule has 2 nitrogen and oxygen atoms in total. The predicted molar refractivity (Wildman–Crippen MR) is 68.5 cm³/mol. The van der Waals surface area contributed by atoms with Gasteiger partial charge >= 0.3 is 5.97 Å². The number of ether oxygens (including phenoxy) is 1. The summed E-state index contributed by atoms with van der Waals surface area (Å²) in [6, 6.07) is 0. The molecule has 0 saturated heterocycles. The van der Waals surface area contributed by atoms with Crippen molar-refractivity contribution in [3.63, 3.8) is 0 Å². The van der Waals surface area contributed by atoms with Crippen LogP contribution in [0.1, 0.15) is 47.5 Å². The van der Waals surface area contributed by atoms with E-state index in [1.54, 1.807) is 0 Å². The van der Waals surface area contributed by atoms with E-state index in [-0.39, 0.29) is 12.1 Å². The largest absolute Gasteiger partial charge is 0.461 e. The van der Waals surface area contributed by atoms with Gasteiger partial charge in [-0.1, -0.05) is 39.3 Å². The maximum Gasteiger partial charge on any atom is 0.306 e. The van der Waals surface area contributed by atoms with Crippen molar-refractivity contribution in [1.29, 1.82) is 0 Å². The lowest BCUT2D eigenvalue weighted by Crippen LogP contribution is -2.61. The highest BCUT2D eigenvalue weighted by Gasteiger charge is 2.60. The molecular weight excluding hydrogens is 212 g/mol. The van der Waals surface area contributed by atoms with E-state index in [2.05, 4.69) is 40.7 Å². The van der Waals surface area contributed by atoms with Gasteiger partial charge in [-0.15, -0.1) is 0 Å². The van der Waals surface area contributed by atoms with Gasteiger partial charge in [-0.25, -0.2) is 0 Å². The third-order valence-corrected chi connectivity index (χ3v) is 4.51. The molecule has 96 valence electrons. The summed E-state index contributed by atoms with van der Waals surface area (Å²) < 4.78 is 5.69. The second-order valence-electron chi connectivity index (χ2n) is 6.64. The molecule has 3 aliphatic carbocycles. The summed E-state index contributed by atoms with van der Waals surface area (Å²) in [5.74, 6) is 1.32. The van der Waals surface area contributed by atoms with Crippen molar-refractivity contribution in [3.8, 4) is 0 Å². The fraction of sp³-hybridized carbons (Fsp3) is 0.800. The minimum Gasteiger partial charge on any atom is -0.461 e. The van der Waals surface area contributed by atoms with Gasteiger partial charge in [0.1, 0.15) is 6.10 Å². The zero-order valence-electron chi connectivity index (χ0n) is 11.6. The van der Waals surface area contributed by atoms with Crippen LogP contribution in [0.3, 0.4) is 0 Å². The Morgan fingerprint density at radius 3 is 2.65 bits per heavy atom. The molecule has 2 bridgehead atoms. The maximum absolute atomic E-state index is 11.8. The maximum atomic E-state index is 11.8. The van der Waals surface area contributed by atoms with Gasteiger partial charge in [0.05, 0.1) is 0 Å². The first-order valence-electron chi connectivity index (χ1n) is 6.70. The van der Waals surface area contributed by atoms with Gasteiger partial charge in [0.15, 0.2) is 0 Å². The highest BCUT2D eigenvalue weighted by Crippen LogP contribution is 2.60. The van der Waals surface area contributed by atoms with Gasteiger partial charge in [0, 0.05) is 18.3 Å². The molecule has 0 N–H and O–H groups in total. The Balaban J connectivity index is 2.02. The normalized spacial score (nSPS) is 34.0. The van der Waals surface area contributed by atoms with E-state index in [4.69, 9.17) is 4.74 Å². The van der Waals surface area contributed by atoms with Crippen LogP contribution in [-0.2, 0) is 9.53 Å². The van der Waals surface area contributed by atoms with Crippen LogP contribution < -0.4 is 0 Å². The van der Waals surface area contributed by atoms with Crippen molar-refractivity contribution in [2.45, 2.75) is 53.6 Å². The Hall–Kier alpha value is -0.790. The van der Waals surface area contributed by atoms with Crippen molar-refractivity contribution in [2.24, 2.45) is 23.2 Å². The first kappa shape index (κ1) is 12.7. The van der Waals surface area contributed by atoms with Crippen LogP contribution in [0.2, 0.25) is 0 Å². The molecule has 0 aliphatic heterocycles. The van der Waals surface area contributed by atoms with E-state index < -0.39 is 0 Å². The SMILES string of the molecule is CC1=CC[C@H]2C(OC(=O)CC(C)C)[C@@H]1C2(C)C. The summed E-state index contributed by atoms with van der Waals surface area (Å²) >= 11 is 0. The lowest BCUT2D eigenvalue weighted by Gasteiger charge is -2.60. The number of fused-ring (bicyclic) bond motifs is 1. The molecule has 0 spiro atoms. The van der Waals surface area contributed by atoms with E-state index >= 15 is 0 Å².